The summed E-state index contributed by atoms with van der Waals surface area (Å²) >= 11 is 3.40. The van der Waals surface area contributed by atoms with E-state index in [1.807, 2.05) is 13.8 Å². The molecule has 1 N–H and O–H groups in total. The van der Waals surface area contributed by atoms with Crippen molar-refractivity contribution in [1.82, 2.24) is 5.32 Å². The number of nitrogens with one attached hydrogen (secondary N) is 1. The number of carbonyl (C=O) groups excluding carboxylic acids is 1. The standard InChI is InChI=1S/C11H22BrNO2/c1-8(2)5-10(6-12)13-11(14)7-15-9(3)4/h8-10H,5-7H2,1-4H3,(H,13,14). The second kappa shape index (κ2) is 8.11. The lowest BCUT2D eigenvalue weighted by Crippen LogP contribution is -2.39. The van der Waals surface area contributed by atoms with Crippen LogP contribution in [0.15, 0.2) is 0 Å². The topological polar surface area (TPSA) is 38.3 Å². The third kappa shape index (κ3) is 8.88. The summed E-state index contributed by atoms with van der Waals surface area (Å²) in [6.45, 7) is 8.28. The number of ether oxygens (including phenoxy) is 1. The van der Waals surface area contributed by atoms with Crippen LogP contribution in [0.3, 0.4) is 0 Å². The van der Waals surface area contributed by atoms with E-state index < -0.39 is 0 Å². The van der Waals surface area contributed by atoms with Gasteiger partial charge in [0, 0.05) is 11.4 Å². The van der Waals surface area contributed by atoms with Crippen LogP contribution in [0.5, 0.6) is 0 Å². The molecule has 0 aromatic heterocycles. The van der Waals surface area contributed by atoms with Crippen molar-refractivity contribution >= 4 is 21.8 Å². The van der Waals surface area contributed by atoms with E-state index in [1.54, 1.807) is 0 Å². The van der Waals surface area contributed by atoms with E-state index in [1.165, 1.54) is 0 Å². The highest BCUT2D eigenvalue weighted by Crippen LogP contribution is 2.06. The monoisotopic (exact) mass is 279 g/mol. The van der Waals surface area contributed by atoms with Gasteiger partial charge in [-0.25, -0.2) is 0 Å². The van der Waals surface area contributed by atoms with Gasteiger partial charge >= 0.3 is 0 Å². The Balaban J connectivity index is 3.80. The van der Waals surface area contributed by atoms with Crippen LogP contribution >= 0.6 is 15.9 Å². The number of hydrogen-bond acceptors (Lipinski definition) is 2. The predicted octanol–water partition coefficient (Wildman–Crippen LogP) is 2.34. The Morgan fingerprint density at radius 3 is 2.33 bits per heavy atom. The largest absolute Gasteiger partial charge is 0.369 e. The highest BCUT2D eigenvalue weighted by atomic mass is 79.9. The molecule has 0 aromatic carbocycles. The molecule has 3 nitrogen and oxygen atoms in total. The van der Waals surface area contributed by atoms with Crippen molar-refractivity contribution < 1.29 is 9.53 Å². The minimum Gasteiger partial charge on any atom is -0.369 e. The van der Waals surface area contributed by atoms with Crippen molar-refractivity contribution in [1.29, 1.82) is 0 Å². The molecule has 1 amide bonds. The van der Waals surface area contributed by atoms with E-state index in [-0.39, 0.29) is 24.7 Å². The van der Waals surface area contributed by atoms with Crippen molar-refractivity contribution in [2.24, 2.45) is 5.92 Å². The summed E-state index contributed by atoms with van der Waals surface area (Å²) in [6, 6.07) is 0.202. The van der Waals surface area contributed by atoms with Gasteiger partial charge in [-0.3, -0.25) is 4.79 Å². The third-order valence-corrected chi connectivity index (χ3v) is 2.64. The summed E-state index contributed by atoms with van der Waals surface area (Å²) in [6.07, 6.45) is 1.09. The van der Waals surface area contributed by atoms with E-state index in [2.05, 4.69) is 35.1 Å². The van der Waals surface area contributed by atoms with E-state index in [0.29, 0.717) is 5.92 Å². The average molecular weight is 280 g/mol. The molecule has 0 aliphatic heterocycles. The zero-order valence-corrected chi connectivity index (χ0v) is 11.6. The zero-order valence-electron chi connectivity index (χ0n) is 10.0. The maximum atomic E-state index is 11.4. The zero-order chi connectivity index (χ0) is 11.8. The first kappa shape index (κ1) is 14.9. The van der Waals surface area contributed by atoms with Crippen molar-refractivity contribution in [2.45, 2.75) is 46.3 Å². The van der Waals surface area contributed by atoms with Gasteiger partial charge in [-0.2, -0.15) is 0 Å². The number of rotatable bonds is 7. The summed E-state index contributed by atoms with van der Waals surface area (Å²) in [7, 11) is 0. The summed E-state index contributed by atoms with van der Waals surface area (Å²) < 4.78 is 5.23. The molecule has 0 rings (SSSR count). The Hall–Kier alpha value is -0.0900. The summed E-state index contributed by atoms with van der Waals surface area (Å²) in [5.41, 5.74) is 0. The van der Waals surface area contributed by atoms with Crippen LogP contribution in [0, 0.1) is 5.92 Å². The van der Waals surface area contributed by atoms with Crippen LogP contribution in [0.2, 0.25) is 0 Å². The molecule has 0 fully saturated rings. The van der Waals surface area contributed by atoms with Gasteiger partial charge in [0.25, 0.3) is 0 Å². The molecule has 1 atom stereocenters. The average Bonchev–Trinajstić information content (AvgIpc) is 2.13. The molecular weight excluding hydrogens is 258 g/mol. The molecule has 0 aliphatic rings. The second-order valence-corrected chi connectivity index (χ2v) is 5.06. The number of alkyl halides is 1. The van der Waals surface area contributed by atoms with Gasteiger partial charge in [-0.05, 0) is 26.2 Å². The lowest BCUT2D eigenvalue weighted by molar-refractivity contribution is -0.127. The first-order valence-corrected chi connectivity index (χ1v) is 6.54. The summed E-state index contributed by atoms with van der Waals surface area (Å²) in [5.74, 6) is 0.549. The number of carbonyl (C=O) groups is 1. The molecule has 0 heterocycles. The fraction of sp³-hybridized carbons (Fsp3) is 0.909. The first-order chi connectivity index (χ1) is 6.95. The Morgan fingerprint density at radius 2 is 1.93 bits per heavy atom. The quantitative estimate of drug-likeness (QED) is 0.727. The maximum Gasteiger partial charge on any atom is 0.246 e. The van der Waals surface area contributed by atoms with Crippen molar-refractivity contribution in [3.05, 3.63) is 0 Å². The summed E-state index contributed by atoms with van der Waals surface area (Å²) in [4.78, 5) is 11.4. The van der Waals surface area contributed by atoms with Gasteiger partial charge < -0.3 is 10.1 Å². The Labute approximate surface area is 101 Å². The van der Waals surface area contributed by atoms with Crippen LogP contribution in [0.4, 0.5) is 0 Å². The maximum absolute atomic E-state index is 11.4. The molecule has 0 aromatic rings. The van der Waals surface area contributed by atoms with Gasteiger partial charge in [0.15, 0.2) is 0 Å². The van der Waals surface area contributed by atoms with Gasteiger partial charge in [-0.1, -0.05) is 29.8 Å². The molecule has 0 spiro atoms. The smallest absolute Gasteiger partial charge is 0.246 e. The molecule has 0 bridgehead atoms. The van der Waals surface area contributed by atoms with E-state index >= 15 is 0 Å². The Morgan fingerprint density at radius 1 is 1.33 bits per heavy atom. The van der Waals surface area contributed by atoms with Crippen molar-refractivity contribution in [2.75, 3.05) is 11.9 Å². The predicted molar refractivity (Wildman–Crippen MR) is 66.3 cm³/mol. The minimum atomic E-state index is -0.0335. The third-order valence-electron chi connectivity index (χ3n) is 1.86. The number of halogens is 1. The number of hydrogen-bond donors (Lipinski definition) is 1. The molecule has 90 valence electrons. The molecular formula is C11H22BrNO2. The lowest BCUT2D eigenvalue weighted by Gasteiger charge is -2.18. The van der Waals surface area contributed by atoms with Crippen LogP contribution in [0.1, 0.15) is 34.1 Å². The van der Waals surface area contributed by atoms with Crippen LogP contribution in [-0.2, 0) is 9.53 Å². The van der Waals surface area contributed by atoms with Crippen LogP contribution < -0.4 is 5.32 Å². The fourth-order valence-electron chi connectivity index (χ4n) is 1.24. The van der Waals surface area contributed by atoms with E-state index in [4.69, 9.17) is 4.74 Å². The fourth-order valence-corrected chi connectivity index (χ4v) is 1.67. The van der Waals surface area contributed by atoms with E-state index in [0.717, 1.165) is 11.8 Å². The Kier molecular flexibility index (Phi) is 8.06. The van der Waals surface area contributed by atoms with E-state index in [9.17, 15) is 4.79 Å². The highest BCUT2D eigenvalue weighted by Gasteiger charge is 2.12. The molecule has 1 unspecified atom stereocenters. The number of amides is 1. The first-order valence-electron chi connectivity index (χ1n) is 5.42. The van der Waals surface area contributed by atoms with Crippen molar-refractivity contribution in [3.8, 4) is 0 Å². The van der Waals surface area contributed by atoms with Gasteiger partial charge in [0.1, 0.15) is 6.61 Å². The summed E-state index contributed by atoms with van der Waals surface area (Å²) in [5, 5.41) is 3.73. The highest BCUT2D eigenvalue weighted by molar-refractivity contribution is 9.09. The van der Waals surface area contributed by atoms with Crippen molar-refractivity contribution in [3.63, 3.8) is 0 Å². The SMILES string of the molecule is CC(C)CC(CBr)NC(=O)COC(C)C. The molecule has 15 heavy (non-hydrogen) atoms. The minimum absolute atomic E-state index is 0.0335. The normalized spacial score (nSPS) is 13.3. The van der Waals surface area contributed by atoms with Gasteiger partial charge in [-0.15, -0.1) is 0 Å². The van der Waals surface area contributed by atoms with Gasteiger partial charge in [0.2, 0.25) is 5.91 Å². The lowest BCUT2D eigenvalue weighted by atomic mass is 10.1. The molecule has 0 saturated heterocycles. The molecule has 4 heteroatoms. The Bertz CT molecular complexity index is 183. The molecule has 0 saturated carbocycles. The van der Waals surface area contributed by atoms with Gasteiger partial charge in [0.05, 0.1) is 6.10 Å². The molecule has 0 aliphatic carbocycles. The van der Waals surface area contributed by atoms with Crippen LogP contribution in [0.25, 0.3) is 0 Å². The second-order valence-electron chi connectivity index (χ2n) is 4.41. The molecule has 0 radical (unpaired) electrons. The van der Waals surface area contributed by atoms with Crippen LogP contribution in [-0.4, -0.2) is 30.0 Å².